The summed E-state index contributed by atoms with van der Waals surface area (Å²) in [6.07, 6.45) is 1.73. The molecule has 0 radical (unpaired) electrons. The highest BCUT2D eigenvalue weighted by molar-refractivity contribution is 5.82. The summed E-state index contributed by atoms with van der Waals surface area (Å²) in [6.45, 7) is 5.84. The minimum absolute atomic E-state index is 0.116. The van der Waals surface area contributed by atoms with Crippen LogP contribution in [0.1, 0.15) is 26.7 Å². The molecule has 6 nitrogen and oxygen atoms in total. The van der Waals surface area contributed by atoms with Crippen molar-refractivity contribution in [2.24, 2.45) is 11.1 Å². The fourth-order valence-corrected chi connectivity index (χ4v) is 2.82. The van der Waals surface area contributed by atoms with Gasteiger partial charge in [0.2, 0.25) is 12.7 Å². The number of nitrogens with two attached hydrogens (primary N) is 1. The van der Waals surface area contributed by atoms with Crippen LogP contribution in [0.5, 0.6) is 17.2 Å². The van der Waals surface area contributed by atoms with Gasteiger partial charge in [0.25, 0.3) is 0 Å². The van der Waals surface area contributed by atoms with E-state index in [1.54, 1.807) is 6.07 Å². The molecule has 23 heavy (non-hydrogen) atoms. The van der Waals surface area contributed by atoms with Gasteiger partial charge in [0.05, 0.1) is 5.41 Å². The first-order valence-electron chi connectivity index (χ1n) is 8.03. The number of piperidine rings is 1. The number of hydrogen-bond donors (Lipinski definition) is 1. The van der Waals surface area contributed by atoms with Crippen LogP contribution < -0.4 is 19.9 Å². The first-order chi connectivity index (χ1) is 11.0. The zero-order valence-electron chi connectivity index (χ0n) is 13.7. The summed E-state index contributed by atoms with van der Waals surface area (Å²) in [7, 11) is 0. The van der Waals surface area contributed by atoms with Crippen molar-refractivity contribution in [1.29, 1.82) is 0 Å². The molecule has 0 spiro atoms. The van der Waals surface area contributed by atoms with Crippen LogP contribution in [-0.2, 0) is 4.79 Å². The van der Waals surface area contributed by atoms with Gasteiger partial charge in [0.1, 0.15) is 12.4 Å². The summed E-state index contributed by atoms with van der Waals surface area (Å²) >= 11 is 0. The SMILES string of the molecule is CC(C)(COc1ccc2c(c1)OCO2)C(=O)N1CCC(N)CC1. The molecule has 1 saturated heterocycles. The number of hydrogen-bond acceptors (Lipinski definition) is 5. The Labute approximate surface area is 136 Å². The molecular formula is C17H24N2O4. The summed E-state index contributed by atoms with van der Waals surface area (Å²) in [6, 6.07) is 5.65. The highest BCUT2D eigenvalue weighted by atomic mass is 16.7. The monoisotopic (exact) mass is 320 g/mol. The van der Waals surface area contributed by atoms with E-state index < -0.39 is 5.41 Å². The first kappa shape index (κ1) is 15.9. The predicted octanol–water partition coefficient (Wildman–Crippen LogP) is 1.77. The quantitative estimate of drug-likeness (QED) is 0.915. The summed E-state index contributed by atoms with van der Waals surface area (Å²) in [5.74, 6) is 2.19. The predicted molar refractivity (Wildman–Crippen MR) is 85.6 cm³/mol. The van der Waals surface area contributed by atoms with Crippen molar-refractivity contribution < 1.29 is 19.0 Å². The Morgan fingerprint density at radius 2 is 2.00 bits per heavy atom. The van der Waals surface area contributed by atoms with Gasteiger partial charge in [-0.15, -0.1) is 0 Å². The number of carbonyl (C=O) groups is 1. The maximum absolute atomic E-state index is 12.7. The zero-order valence-corrected chi connectivity index (χ0v) is 13.7. The van der Waals surface area contributed by atoms with E-state index in [-0.39, 0.29) is 18.7 Å². The Morgan fingerprint density at radius 1 is 1.30 bits per heavy atom. The van der Waals surface area contributed by atoms with Crippen LogP contribution >= 0.6 is 0 Å². The van der Waals surface area contributed by atoms with Crippen LogP contribution in [0.3, 0.4) is 0 Å². The van der Waals surface area contributed by atoms with Crippen molar-refractivity contribution in [2.75, 3.05) is 26.5 Å². The number of fused-ring (bicyclic) bond motifs is 1. The molecule has 0 unspecified atom stereocenters. The van der Waals surface area contributed by atoms with E-state index in [9.17, 15) is 4.79 Å². The van der Waals surface area contributed by atoms with Gasteiger partial charge < -0.3 is 24.8 Å². The third-order valence-corrected chi connectivity index (χ3v) is 4.35. The standard InChI is InChI=1S/C17H24N2O4/c1-17(2,16(20)19-7-5-12(18)6-8-19)10-21-13-3-4-14-15(9-13)23-11-22-14/h3-4,9,12H,5-8,10-11,18H2,1-2H3. The molecule has 0 atom stereocenters. The van der Waals surface area contributed by atoms with Crippen LogP contribution in [0.4, 0.5) is 0 Å². The number of rotatable bonds is 4. The normalized spacial score (nSPS) is 18.1. The Kier molecular flexibility index (Phi) is 4.35. The van der Waals surface area contributed by atoms with Crippen molar-refractivity contribution in [3.05, 3.63) is 18.2 Å². The van der Waals surface area contributed by atoms with Crippen LogP contribution in [0.25, 0.3) is 0 Å². The molecule has 1 aromatic rings. The summed E-state index contributed by atoms with van der Waals surface area (Å²) in [5, 5.41) is 0. The van der Waals surface area contributed by atoms with Crippen molar-refractivity contribution in [3.8, 4) is 17.2 Å². The van der Waals surface area contributed by atoms with Crippen molar-refractivity contribution >= 4 is 5.91 Å². The van der Waals surface area contributed by atoms with Gasteiger partial charge in [-0.05, 0) is 38.8 Å². The van der Waals surface area contributed by atoms with Crippen molar-refractivity contribution in [3.63, 3.8) is 0 Å². The Hall–Kier alpha value is -1.95. The molecule has 126 valence electrons. The third kappa shape index (κ3) is 3.52. The number of amides is 1. The summed E-state index contributed by atoms with van der Waals surface area (Å²) < 4.78 is 16.4. The lowest BCUT2D eigenvalue weighted by molar-refractivity contribution is -0.143. The number of ether oxygens (including phenoxy) is 3. The van der Waals surface area contributed by atoms with Crippen LogP contribution in [0, 0.1) is 5.41 Å². The Balaban J connectivity index is 1.58. The summed E-state index contributed by atoms with van der Waals surface area (Å²) in [4.78, 5) is 14.6. The van der Waals surface area contributed by atoms with Gasteiger partial charge in [-0.25, -0.2) is 0 Å². The molecule has 2 N–H and O–H groups in total. The highest BCUT2D eigenvalue weighted by Crippen LogP contribution is 2.35. The van der Waals surface area contributed by atoms with Crippen LogP contribution in [-0.4, -0.2) is 43.3 Å². The molecule has 2 aliphatic heterocycles. The molecular weight excluding hydrogens is 296 g/mol. The highest BCUT2D eigenvalue weighted by Gasteiger charge is 2.34. The smallest absolute Gasteiger partial charge is 0.231 e. The van der Waals surface area contributed by atoms with Crippen molar-refractivity contribution in [1.82, 2.24) is 4.90 Å². The largest absolute Gasteiger partial charge is 0.492 e. The van der Waals surface area contributed by atoms with Gasteiger partial charge >= 0.3 is 0 Å². The van der Waals surface area contributed by atoms with Gasteiger partial charge in [0.15, 0.2) is 11.5 Å². The minimum Gasteiger partial charge on any atom is -0.492 e. The molecule has 1 fully saturated rings. The molecule has 0 aliphatic carbocycles. The van der Waals surface area contributed by atoms with Gasteiger partial charge in [-0.2, -0.15) is 0 Å². The van der Waals surface area contributed by atoms with Crippen LogP contribution in [0.2, 0.25) is 0 Å². The lowest BCUT2D eigenvalue weighted by Crippen LogP contribution is -2.49. The van der Waals surface area contributed by atoms with E-state index in [0.29, 0.717) is 18.1 Å². The summed E-state index contributed by atoms with van der Waals surface area (Å²) in [5.41, 5.74) is 5.32. The fourth-order valence-electron chi connectivity index (χ4n) is 2.82. The van der Waals surface area contributed by atoms with E-state index in [4.69, 9.17) is 19.9 Å². The molecule has 1 aromatic carbocycles. The number of likely N-dealkylation sites (tertiary alicyclic amines) is 1. The van der Waals surface area contributed by atoms with E-state index in [1.807, 2.05) is 30.9 Å². The maximum atomic E-state index is 12.7. The average molecular weight is 320 g/mol. The van der Waals surface area contributed by atoms with E-state index in [1.165, 1.54) is 0 Å². The Morgan fingerprint density at radius 3 is 2.74 bits per heavy atom. The lowest BCUT2D eigenvalue weighted by atomic mass is 9.91. The topological polar surface area (TPSA) is 74.0 Å². The van der Waals surface area contributed by atoms with Gasteiger partial charge in [0, 0.05) is 25.2 Å². The molecule has 0 saturated carbocycles. The zero-order chi connectivity index (χ0) is 16.4. The molecule has 3 rings (SSSR count). The second-order valence-electron chi connectivity index (χ2n) is 6.82. The molecule has 2 heterocycles. The molecule has 0 aromatic heterocycles. The second kappa shape index (κ2) is 6.28. The van der Waals surface area contributed by atoms with Crippen molar-refractivity contribution in [2.45, 2.75) is 32.7 Å². The first-order valence-corrected chi connectivity index (χ1v) is 8.03. The molecule has 1 amide bonds. The number of nitrogens with zero attached hydrogens (tertiary/aromatic N) is 1. The second-order valence-corrected chi connectivity index (χ2v) is 6.82. The third-order valence-electron chi connectivity index (χ3n) is 4.35. The lowest BCUT2D eigenvalue weighted by Gasteiger charge is -2.36. The fraction of sp³-hybridized carbons (Fsp3) is 0.588. The molecule has 6 heteroatoms. The van der Waals surface area contributed by atoms with Crippen LogP contribution in [0.15, 0.2) is 18.2 Å². The number of carbonyl (C=O) groups excluding carboxylic acids is 1. The van der Waals surface area contributed by atoms with Gasteiger partial charge in [-0.1, -0.05) is 0 Å². The van der Waals surface area contributed by atoms with E-state index in [2.05, 4.69) is 0 Å². The maximum Gasteiger partial charge on any atom is 0.231 e. The van der Waals surface area contributed by atoms with Gasteiger partial charge in [-0.3, -0.25) is 4.79 Å². The number of benzene rings is 1. The average Bonchev–Trinajstić information content (AvgIpc) is 3.01. The molecule has 0 bridgehead atoms. The Bertz CT molecular complexity index is 580. The van der Waals surface area contributed by atoms with E-state index >= 15 is 0 Å². The minimum atomic E-state index is -0.586. The van der Waals surface area contributed by atoms with E-state index in [0.717, 1.165) is 31.7 Å². The molecule has 2 aliphatic rings.